The van der Waals surface area contributed by atoms with Crippen molar-refractivity contribution in [3.63, 3.8) is 0 Å². The second-order valence-electron chi connectivity index (χ2n) is 5.26. The zero-order chi connectivity index (χ0) is 17.5. The van der Waals surface area contributed by atoms with E-state index in [1.54, 1.807) is 19.1 Å². The number of benzene rings is 1. The number of rotatable bonds is 2. The Labute approximate surface area is 139 Å². The lowest BCUT2D eigenvalue weighted by Gasteiger charge is -2.26. The van der Waals surface area contributed by atoms with Crippen LogP contribution in [0.1, 0.15) is 22.2 Å². The lowest BCUT2D eigenvalue weighted by Crippen LogP contribution is -2.30. The van der Waals surface area contributed by atoms with Gasteiger partial charge in [-0.25, -0.2) is 9.37 Å². The number of carbonyl (C=O) groups excluding carboxylic acids is 1. The first-order valence-electron chi connectivity index (χ1n) is 7.02. The summed E-state index contributed by atoms with van der Waals surface area (Å²) in [5.41, 5.74) is -1.00. The van der Waals surface area contributed by atoms with Crippen LogP contribution < -0.4 is 4.90 Å². The van der Waals surface area contributed by atoms with Crippen LogP contribution in [0.15, 0.2) is 36.4 Å². The van der Waals surface area contributed by atoms with Crippen LogP contribution in [-0.2, 0) is 11.0 Å². The molecule has 3 nitrogen and oxygen atoms in total. The average molecular weight is 356 g/mol. The quantitative estimate of drug-likeness (QED) is 0.751. The van der Waals surface area contributed by atoms with Crippen LogP contribution in [0, 0.1) is 12.7 Å². The second-order valence-corrected chi connectivity index (χ2v) is 6.33. The first-order valence-corrected chi connectivity index (χ1v) is 8.07. The van der Waals surface area contributed by atoms with Crippen molar-refractivity contribution in [1.29, 1.82) is 0 Å². The van der Waals surface area contributed by atoms with Crippen molar-refractivity contribution in [1.82, 2.24) is 4.98 Å². The molecule has 2 aromatic rings. The molecule has 2 heterocycles. The van der Waals surface area contributed by atoms with Gasteiger partial charge in [0.05, 0.1) is 11.3 Å². The number of alkyl halides is 3. The van der Waals surface area contributed by atoms with Gasteiger partial charge < -0.3 is 0 Å². The smallest absolute Gasteiger partial charge is 0.279 e. The predicted molar refractivity (Wildman–Crippen MR) is 83.1 cm³/mol. The largest absolute Gasteiger partial charge is 0.416 e. The van der Waals surface area contributed by atoms with E-state index in [4.69, 9.17) is 0 Å². The fourth-order valence-corrected chi connectivity index (χ4v) is 3.80. The number of anilines is 1. The topological polar surface area (TPSA) is 33.2 Å². The second kappa shape index (κ2) is 6.08. The first kappa shape index (κ1) is 16.8. The molecule has 1 unspecified atom stereocenters. The zero-order valence-corrected chi connectivity index (χ0v) is 13.3. The molecule has 0 saturated carbocycles. The van der Waals surface area contributed by atoms with E-state index in [-0.39, 0.29) is 11.6 Å². The van der Waals surface area contributed by atoms with Gasteiger partial charge in [-0.15, -0.1) is 11.8 Å². The number of aromatic nitrogens is 1. The maximum absolute atomic E-state index is 14.3. The molecule has 1 aliphatic heterocycles. The lowest BCUT2D eigenvalue weighted by molar-refractivity contribution is -0.138. The summed E-state index contributed by atoms with van der Waals surface area (Å²) < 4.78 is 54.1. The number of aryl methyl sites for hydroxylation is 1. The van der Waals surface area contributed by atoms with Gasteiger partial charge >= 0.3 is 6.18 Å². The molecule has 0 bridgehead atoms. The summed E-state index contributed by atoms with van der Waals surface area (Å²) in [6, 6.07) is 7.68. The molecule has 1 aliphatic rings. The maximum atomic E-state index is 14.3. The molecule has 1 saturated heterocycles. The van der Waals surface area contributed by atoms with Crippen molar-refractivity contribution in [2.45, 2.75) is 18.5 Å². The van der Waals surface area contributed by atoms with Gasteiger partial charge in [0.1, 0.15) is 17.0 Å². The number of nitrogens with zero attached hydrogens (tertiary/aromatic N) is 2. The van der Waals surface area contributed by atoms with Crippen LogP contribution in [-0.4, -0.2) is 16.6 Å². The van der Waals surface area contributed by atoms with E-state index in [0.29, 0.717) is 5.69 Å². The van der Waals surface area contributed by atoms with E-state index in [2.05, 4.69) is 4.98 Å². The Morgan fingerprint density at radius 1 is 1.21 bits per heavy atom. The molecule has 3 rings (SSSR count). The Morgan fingerprint density at radius 3 is 2.58 bits per heavy atom. The number of hydrogen-bond acceptors (Lipinski definition) is 3. The summed E-state index contributed by atoms with van der Waals surface area (Å²) in [5, 5.41) is -1.11. The minimum absolute atomic E-state index is 0.0358. The van der Waals surface area contributed by atoms with Gasteiger partial charge in [-0.1, -0.05) is 12.1 Å². The summed E-state index contributed by atoms with van der Waals surface area (Å²) in [6.45, 7) is 1.70. The van der Waals surface area contributed by atoms with Crippen molar-refractivity contribution in [2.24, 2.45) is 0 Å². The number of carbonyl (C=O) groups is 1. The van der Waals surface area contributed by atoms with E-state index in [0.717, 1.165) is 34.9 Å². The first-order chi connectivity index (χ1) is 11.3. The fourth-order valence-electron chi connectivity index (χ4n) is 2.58. The Bertz CT molecular complexity index is 794. The summed E-state index contributed by atoms with van der Waals surface area (Å²) >= 11 is 0.953. The van der Waals surface area contributed by atoms with Crippen LogP contribution >= 0.6 is 11.8 Å². The van der Waals surface area contributed by atoms with Gasteiger partial charge in [-0.2, -0.15) is 13.2 Å². The molecule has 8 heteroatoms. The van der Waals surface area contributed by atoms with E-state index < -0.39 is 34.4 Å². The lowest BCUT2D eigenvalue weighted by atomic mass is 10.1. The van der Waals surface area contributed by atoms with Crippen LogP contribution in [0.25, 0.3) is 0 Å². The third kappa shape index (κ3) is 2.98. The van der Waals surface area contributed by atoms with E-state index in [1.807, 2.05) is 0 Å². The summed E-state index contributed by atoms with van der Waals surface area (Å²) in [4.78, 5) is 17.5. The molecule has 126 valence electrons. The summed E-state index contributed by atoms with van der Waals surface area (Å²) in [6.07, 6.45) is -4.71. The highest BCUT2D eigenvalue weighted by atomic mass is 32.2. The number of amides is 1. The number of thioether (sulfide) groups is 1. The van der Waals surface area contributed by atoms with E-state index in [9.17, 15) is 22.4 Å². The standard InChI is InChI=1S/C16H12F4N2OS/c1-9-4-2-7-12(21-9)22-13(23)8-24-15(22)14-10(16(18,19)20)5-3-6-11(14)17/h2-7,15H,8H2,1H3. The van der Waals surface area contributed by atoms with Gasteiger partial charge in [0.15, 0.2) is 0 Å². The number of pyridine rings is 1. The van der Waals surface area contributed by atoms with E-state index in [1.165, 1.54) is 6.07 Å². The Morgan fingerprint density at radius 2 is 1.92 bits per heavy atom. The Balaban J connectivity index is 2.14. The Kier molecular flexibility index (Phi) is 4.25. The van der Waals surface area contributed by atoms with Crippen molar-refractivity contribution in [3.05, 3.63) is 59.0 Å². The average Bonchev–Trinajstić information content (AvgIpc) is 2.87. The van der Waals surface area contributed by atoms with Crippen LogP contribution in [0.5, 0.6) is 0 Å². The molecule has 0 aliphatic carbocycles. The van der Waals surface area contributed by atoms with Gasteiger partial charge in [0.25, 0.3) is 0 Å². The predicted octanol–water partition coefficient (Wildman–Crippen LogP) is 4.33. The monoisotopic (exact) mass is 356 g/mol. The van der Waals surface area contributed by atoms with Crippen molar-refractivity contribution in [2.75, 3.05) is 10.7 Å². The van der Waals surface area contributed by atoms with Gasteiger partial charge in [-0.3, -0.25) is 9.69 Å². The highest BCUT2D eigenvalue weighted by Crippen LogP contribution is 2.46. The number of halogens is 4. The molecule has 1 aromatic carbocycles. The van der Waals surface area contributed by atoms with Gasteiger partial charge in [0, 0.05) is 11.3 Å². The fraction of sp³-hybridized carbons (Fsp3) is 0.250. The molecule has 0 radical (unpaired) electrons. The highest BCUT2D eigenvalue weighted by Gasteiger charge is 2.43. The number of hydrogen-bond donors (Lipinski definition) is 0. The summed E-state index contributed by atoms with van der Waals surface area (Å²) in [7, 11) is 0. The van der Waals surface area contributed by atoms with Gasteiger partial charge in [-0.05, 0) is 31.2 Å². The molecule has 24 heavy (non-hydrogen) atoms. The molecule has 1 fully saturated rings. The normalized spacial score (nSPS) is 18.3. The summed E-state index contributed by atoms with van der Waals surface area (Å²) in [5.74, 6) is -1.22. The maximum Gasteiger partial charge on any atom is 0.416 e. The molecule has 0 spiro atoms. The van der Waals surface area contributed by atoms with Crippen molar-refractivity contribution in [3.8, 4) is 0 Å². The van der Waals surface area contributed by atoms with E-state index >= 15 is 0 Å². The molecule has 1 aromatic heterocycles. The van der Waals surface area contributed by atoms with Crippen molar-refractivity contribution < 1.29 is 22.4 Å². The minimum atomic E-state index is -4.71. The molecule has 0 N–H and O–H groups in total. The van der Waals surface area contributed by atoms with Crippen LogP contribution in [0.2, 0.25) is 0 Å². The SMILES string of the molecule is Cc1cccc(N2C(=O)CSC2c2c(F)cccc2C(F)(F)F)n1. The molecular formula is C16H12F4N2OS. The van der Waals surface area contributed by atoms with Crippen molar-refractivity contribution >= 4 is 23.5 Å². The molecule has 1 amide bonds. The van der Waals surface area contributed by atoms with Gasteiger partial charge in [0.2, 0.25) is 5.91 Å². The Hall–Kier alpha value is -2.09. The van der Waals surface area contributed by atoms with Crippen LogP contribution in [0.3, 0.4) is 0 Å². The molecular weight excluding hydrogens is 344 g/mol. The zero-order valence-electron chi connectivity index (χ0n) is 12.5. The third-order valence-electron chi connectivity index (χ3n) is 3.59. The van der Waals surface area contributed by atoms with Crippen LogP contribution in [0.4, 0.5) is 23.4 Å². The third-order valence-corrected chi connectivity index (χ3v) is 4.77. The molecule has 1 atom stereocenters. The highest BCUT2D eigenvalue weighted by molar-refractivity contribution is 8.00. The minimum Gasteiger partial charge on any atom is -0.279 e.